The lowest BCUT2D eigenvalue weighted by Crippen LogP contribution is -2.38. The number of carbonyl (C=O) groups is 2. The third-order valence-corrected chi connectivity index (χ3v) is 3.81. The van der Waals surface area contributed by atoms with Gasteiger partial charge in [0.25, 0.3) is 5.91 Å². The maximum absolute atomic E-state index is 12.0. The maximum atomic E-state index is 12.0. The van der Waals surface area contributed by atoms with E-state index >= 15 is 0 Å². The standard InChI is InChI=1S/C17H19N5O3/c1-22-16(23)8-7-13(20-22)17(24)18-10-9-15-19-14(21-25-15)11-12-5-3-2-4-6-12/h2-6H,7-11H2,1H3,(H,18,24). The second-order valence-electron chi connectivity index (χ2n) is 5.74. The van der Waals surface area contributed by atoms with Crippen LogP contribution in [0.2, 0.25) is 0 Å². The van der Waals surface area contributed by atoms with Crippen LogP contribution in [0.4, 0.5) is 0 Å². The molecule has 0 saturated heterocycles. The molecule has 0 bridgehead atoms. The molecule has 0 saturated carbocycles. The van der Waals surface area contributed by atoms with Crippen molar-refractivity contribution in [2.45, 2.75) is 25.7 Å². The van der Waals surface area contributed by atoms with Gasteiger partial charge in [0, 0.05) is 39.3 Å². The molecule has 8 nitrogen and oxygen atoms in total. The Balaban J connectivity index is 1.47. The fourth-order valence-corrected chi connectivity index (χ4v) is 2.46. The van der Waals surface area contributed by atoms with E-state index in [1.165, 1.54) is 5.01 Å². The average molecular weight is 341 g/mol. The summed E-state index contributed by atoms with van der Waals surface area (Å²) >= 11 is 0. The molecule has 1 aromatic carbocycles. The Hall–Kier alpha value is -3.03. The van der Waals surface area contributed by atoms with Gasteiger partial charge >= 0.3 is 0 Å². The Morgan fingerprint density at radius 2 is 2.08 bits per heavy atom. The van der Waals surface area contributed by atoms with Gasteiger partial charge in [-0.15, -0.1) is 0 Å². The van der Waals surface area contributed by atoms with Crippen molar-refractivity contribution in [3.8, 4) is 0 Å². The van der Waals surface area contributed by atoms with Gasteiger partial charge in [0.15, 0.2) is 5.82 Å². The van der Waals surface area contributed by atoms with Crippen LogP contribution in [0.3, 0.4) is 0 Å². The van der Waals surface area contributed by atoms with E-state index in [4.69, 9.17) is 4.52 Å². The molecule has 0 atom stereocenters. The Bertz CT molecular complexity index is 785. The fraction of sp³-hybridized carbons (Fsp3) is 0.353. The van der Waals surface area contributed by atoms with Gasteiger partial charge in [-0.3, -0.25) is 9.59 Å². The number of nitrogens with one attached hydrogen (secondary N) is 1. The molecule has 0 spiro atoms. The molecular weight excluding hydrogens is 322 g/mol. The van der Waals surface area contributed by atoms with Crippen LogP contribution in [0, 0.1) is 0 Å². The first-order chi connectivity index (χ1) is 12.1. The summed E-state index contributed by atoms with van der Waals surface area (Å²) in [6.45, 7) is 0.364. The number of hydrazone groups is 1. The van der Waals surface area contributed by atoms with Crippen LogP contribution in [-0.2, 0) is 22.4 Å². The van der Waals surface area contributed by atoms with Crippen LogP contribution in [0.15, 0.2) is 40.0 Å². The second kappa shape index (κ2) is 7.69. The first-order valence-corrected chi connectivity index (χ1v) is 8.09. The van der Waals surface area contributed by atoms with E-state index in [9.17, 15) is 9.59 Å². The highest BCUT2D eigenvalue weighted by Gasteiger charge is 2.21. The van der Waals surface area contributed by atoms with Crippen molar-refractivity contribution in [2.24, 2.45) is 5.10 Å². The molecule has 25 heavy (non-hydrogen) atoms. The lowest BCUT2D eigenvalue weighted by molar-refractivity contribution is -0.130. The zero-order valence-electron chi connectivity index (χ0n) is 13.9. The Kier molecular flexibility index (Phi) is 5.17. The summed E-state index contributed by atoms with van der Waals surface area (Å²) in [4.78, 5) is 27.7. The molecule has 2 amide bonds. The molecule has 0 aliphatic carbocycles. The smallest absolute Gasteiger partial charge is 0.267 e. The highest BCUT2D eigenvalue weighted by Crippen LogP contribution is 2.08. The van der Waals surface area contributed by atoms with E-state index in [2.05, 4.69) is 20.6 Å². The van der Waals surface area contributed by atoms with Crippen molar-refractivity contribution >= 4 is 17.5 Å². The van der Waals surface area contributed by atoms with E-state index in [1.54, 1.807) is 7.05 Å². The number of benzene rings is 1. The van der Waals surface area contributed by atoms with Gasteiger partial charge in [0.2, 0.25) is 11.8 Å². The first kappa shape index (κ1) is 16.8. The molecule has 2 aromatic rings. The Labute approximate surface area is 144 Å². The van der Waals surface area contributed by atoms with Crippen molar-refractivity contribution in [1.29, 1.82) is 0 Å². The zero-order valence-corrected chi connectivity index (χ0v) is 13.9. The number of amides is 2. The summed E-state index contributed by atoms with van der Waals surface area (Å²) in [5.41, 5.74) is 1.47. The van der Waals surface area contributed by atoms with Crippen LogP contribution < -0.4 is 5.32 Å². The summed E-state index contributed by atoms with van der Waals surface area (Å²) in [5, 5.41) is 11.9. The fourth-order valence-electron chi connectivity index (χ4n) is 2.46. The molecule has 3 rings (SSSR count). The lowest BCUT2D eigenvalue weighted by Gasteiger charge is -2.18. The third-order valence-electron chi connectivity index (χ3n) is 3.81. The van der Waals surface area contributed by atoms with E-state index < -0.39 is 0 Å². The Morgan fingerprint density at radius 1 is 1.28 bits per heavy atom. The largest absolute Gasteiger partial charge is 0.350 e. The number of hydrogen-bond donors (Lipinski definition) is 1. The molecule has 0 unspecified atom stereocenters. The summed E-state index contributed by atoms with van der Waals surface area (Å²) in [7, 11) is 1.54. The number of carbonyl (C=O) groups excluding carboxylic acids is 2. The van der Waals surface area contributed by atoms with Crippen molar-refractivity contribution < 1.29 is 14.1 Å². The van der Waals surface area contributed by atoms with Gasteiger partial charge in [0.05, 0.1) is 0 Å². The van der Waals surface area contributed by atoms with Crippen LogP contribution in [0.5, 0.6) is 0 Å². The highest BCUT2D eigenvalue weighted by molar-refractivity contribution is 6.39. The van der Waals surface area contributed by atoms with Gasteiger partial charge < -0.3 is 9.84 Å². The van der Waals surface area contributed by atoms with Crippen LogP contribution >= 0.6 is 0 Å². The normalized spacial score (nSPS) is 14.4. The quantitative estimate of drug-likeness (QED) is 0.842. The molecule has 0 fully saturated rings. The number of hydrogen-bond acceptors (Lipinski definition) is 6. The molecule has 130 valence electrons. The number of nitrogens with zero attached hydrogens (tertiary/aromatic N) is 4. The van der Waals surface area contributed by atoms with Crippen molar-refractivity contribution in [3.05, 3.63) is 47.6 Å². The minimum absolute atomic E-state index is 0.0895. The van der Waals surface area contributed by atoms with E-state index in [-0.39, 0.29) is 11.8 Å². The molecule has 1 aromatic heterocycles. The molecular formula is C17H19N5O3. The van der Waals surface area contributed by atoms with Crippen LogP contribution in [-0.4, -0.2) is 46.3 Å². The lowest BCUT2D eigenvalue weighted by atomic mass is 10.1. The minimum Gasteiger partial charge on any atom is -0.350 e. The van der Waals surface area contributed by atoms with Gasteiger partial charge in [-0.25, -0.2) is 5.01 Å². The third kappa shape index (κ3) is 4.50. The highest BCUT2D eigenvalue weighted by atomic mass is 16.5. The van der Waals surface area contributed by atoms with Crippen molar-refractivity contribution in [3.63, 3.8) is 0 Å². The molecule has 1 aliphatic heterocycles. The topological polar surface area (TPSA) is 101 Å². The minimum atomic E-state index is -0.275. The maximum Gasteiger partial charge on any atom is 0.267 e. The summed E-state index contributed by atoms with van der Waals surface area (Å²) < 4.78 is 5.20. The van der Waals surface area contributed by atoms with Gasteiger partial charge in [0.1, 0.15) is 5.71 Å². The second-order valence-corrected chi connectivity index (χ2v) is 5.74. The summed E-state index contributed by atoms with van der Waals surface area (Å²) in [5.74, 6) is 0.727. The predicted octanol–water partition coefficient (Wildman–Crippen LogP) is 0.927. The summed E-state index contributed by atoms with van der Waals surface area (Å²) in [6.07, 6.45) is 1.70. The molecule has 1 aliphatic rings. The van der Waals surface area contributed by atoms with Gasteiger partial charge in [-0.2, -0.15) is 10.1 Å². The van der Waals surface area contributed by atoms with Crippen LogP contribution in [0.1, 0.15) is 30.1 Å². The van der Waals surface area contributed by atoms with Gasteiger partial charge in [-0.05, 0) is 5.56 Å². The molecule has 2 heterocycles. The number of aromatic nitrogens is 2. The van der Waals surface area contributed by atoms with E-state index in [0.717, 1.165) is 5.56 Å². The average Bonchev–Trinajstić information content (AvgIpc) is 3.05. The molecule has 0 radical (unpaired) electrons. The Morgan fingerprint density at radius 3 is 2.84 bits per heavy atom. The van der Waals surface area contributed by atoms with Crippen molar-refractivity contribution in [1.82, 2.24) is 20.5 Å². The van der Waals surface area contributed by atoms with Crippen molar-refractivity contribution in [2.75, 3.05) is 13.6 Å². The SMILES string of the molecule is CN1N=C(C(=O)NCCc2nc(Cc3ccccc3)no2)CCC1=O. The first-order valence-electron chi connectivity index (χ1n) is 8.09. The molecule has 1 N–H and O–H groups in total. The van der Waals surface area contributed by atoms with E-state index in [0.29, 0.717) is 49.7 Å². The van der Waals surface area contributed by atoms with Gasteiger partial charge in [-0.1, -0.05) is 35.5 Å². The van der Waals surface area contributed by atoms with E-state index in [1.807, 2.05) is 30.3 Å². The monoisotopic (exact) mass is 341 g/mol. The zero-order chi connectivity index (χ0) is 17.6. The van der Waals surface area contributed by atoms with Crippen LogP contribution in [0.25, 0.3) is 0 Å². The number of rotatable bonds is 6. The molecule has 8 heteroatoms. The predicted molar refractivity (Wildman–Crippen MR) is 89.7 cm³/mol. The summed E-state index contributed by atoms with van der Waals surface area (Å²) in [6, 6.07) is 9.89.